The molecule has 0 spiro atoms. The van der Waals surface area contributed by atoms with Crippen LogP contribution >= 0.6 is 0 Å². The second-order valence-electron chi connectivity index (χ2n) is 2.70. The van der Waals surface area contributed by atoms with Crippen LogP contribution in [0.25, 0.3) is 0 Å². The van der Waals surface area contributed by atoms with E-state index >= 15 is 0 Å². The van der Waals surface area contributed by atoms with Crippen molar-refractivity contribution >= 4 is 5.84 Å². The van der Waals surface area contributed by atoms with Gasteiger partial charge in [0.05, 0.1) is 0 Å². The minimum absolute atomic E-state index is 1.01. The summed E-state index contributed by atoms with van der Waals surface area (Å²) >= 11 is 0. The molecule has 2 heteroatoms. The standard InChI is InChI=1S/C8H16N2/c1-7(2)6-8(9-3)10(4)5/h6H,1-5H3. The summed E-state index contributed by atoms with van der Waals surface area (Å²) in [5, 5.41) is 0. The first kappa shape index (κ1) is 9.21. The summed E-state index contributed by atoms with van der Waals surface area (Å²) in [6.07, 6.45) is 2.06. The number of aliphatic imine (C=N–C) groups is 1. The number of hydrogen-bond donors (Lipinski definition) is 0. The molecular formula is C8H16N2. The van der Waals surface area contributed by atoms with Crippen molar-refractivity contribution in [2.45, 2.75) is 13.8 Å². The van der Waals surface area contributed by atoms with Gasteiger partial charge in [0, 0.05) is 21.1 Å². The minimum atomic E-state index is 1.01. The van der Waals surface area contributed by atoms with Gasteiger partial charge in [0.25, 0.3) is 0 Å². The molecule has 0 fully saturated rings. The highest BCUT2D eigenvalue weighted by atomic mass is 15.1. The molecule has 0 radical (unpaired) electrons. The molecule has 0 aromatic carbocycles. The van der Waals surface area contributed by atoms with Gasteiger partial charge in [-0.15, -0.1) is 0 Å². The lowest BCUT2D eigenvalue weighted by molar-refractivity contribution is 0.625. The Bertz CT molecular complexity index is 151. The fraction of sp³-hybridized carbons (Fsp3) is 0.625. The van der Waals surface area contributed by atoms with Crippen LogP contribution in [-0.4, -0.2) is 31.9 Å². The van der Waals surface area contributed by atoms with Gasteiger partial charge < -0.3 is 4.90 Å². The first-order valence-corrected chi connectivity index (χ1v) is 3.37. The zero-order valence-electron chi connectivity index (χ0n) is 7.47. The number of rotatable bonds is 1. The van der Waals surface area contributed by atoms with Gasteiger partial charge in [-0.25, -0.2) is 0 Å². The van der Waals surface area contributed by atoms with E-state index in [9.17, 15) is 0 Å². The van der Waals surface area contributed by atoms with Crippen LogP contribution in [0.5, 0.6) is 0 Å². The smallest absolute Gasteiger partial charge is 0.122 e. The van der Waals surface area contributed by atoms with E-state index in [4.69, 9.17) is 0 Å². The highest BCUT2D eigenvalue weighted by molar-refractivity contribution is 5.92. The Kier molecular flexibility index (Phi) is 3.77. The molecule has 0 saturated carbocycles. The highest BCUT2D eigenvalue weighted by Gasteiger charge is 1.93. The minimum Gasteiger partial charge on any atom is -0.363 e. The van der Waals surface area contributed by atoms with Gasteiger partial charge in [0.1, 0.15) is 5.84 Å². The normalized spacial score (nSPS) is 11.1. The Balaban J connectivity index is 4.26. The van der Waals surface area contributed by atoms with Gasteiger partial charge in [-0.3, -0.25) is 4.99 Å². The van der Waals surface area contributed by atoms with Crippen molar-refractivity contribution in [2.24, 2.45) is 4.99 Å². The SMILES string of the molecule is CN=C(C=C(C)C)N(C)C. The summed E-state index contributed by atoms with van der Waals surface area (Å²) in [5.41, 5.74) is 1.27. The number of hydrogen-bond acceptors (Lipinski definition) is 1. The third kappa shape index (κ3) is 3.28. The molecule has 0 aromatic rings. The van der Waals surface area contributed by atoms with Crippen LogP contribution < -0.4 is 0 Å². The summed E-state index contributed by atoms with van der Waals surface area (Å²) < 4.78 is 0. The molecule has 2 nitrogen and oxygen atoms in total. The van der Waals surface area contributed by atoms with Gasteiger partial charge in [-0.2, -0.15) is 0 Å². The van der Waals surface area contributed by atoms with Gasteiger partial charge in [-0.1, -0.05) is 5.57 Å². The fourth-order valence-corrected chi connectivity index (χ4v) is 0.652. The fourth-order valence-electron chi connectivity index (χ4n) is 0.652. The van der Waals surface area contributed by atoms with Gasteiger partial charge in [0.2, 0.25) is 0 Å². The van der Waals surface area contributed by atoms with Crippen LogP contribution in [0.15, 0.2) is 16.6 Å². The third-order valence-corrected chi connectivity index (χ3v) is 1.11. The van der Waals surface area contributed by atoms with E-state index in [1.54, 1.807) is 7.05 Å². The number of likely N-dealkylation sites (N-methyl/N-ethyl adjacent to an activating group) is 1. The van der Waals surface area contributed by atoms with E-state index in [1.807, 2.05) is 19.0 Å². The first-order valence-electron chi connectivity index (χ1n) is 3.37. The first-order chi connectivity index (χ1) is 4.57. The third-order valence-electron chi connectivity index (χ3n) is 1.11. The van der Waals surface area contributed by atoms with E-state index in [1.165, 1.54) is 5.57 Å². The van der Waals surface area contributed by atoms with Crippen LogP contribution in [0.1, 0.15) is 13.8 Å². The van der Waals surface area contributed by atoms with Gasteiger partial charge in [-0.05, 0) is 19.9 Å². The van der Waals surface area contributed by atoms with Crippen molar-refractivity contribution in [1.29, 1.82) is 0 Å². The second-order valence-corrected chi connectivity index (χ2v) is 2.70. The monoisotopic (exact) mass is 140 g/mol. The summed E-state index contributed by atoms with van der Waals surface area (Å²) in [4.78, 5) is 6.09. The lowest BCUT2D eigenvalue weighted by Crippen LogP contribution is -2.19. The predicted molar refractivity (Wildman–Crippen MR) is 46.5 cm³/mol. The van der Waals surface area contributed by atoms with Crippen molar-refractivity contribution in [3.05, 3.63) is 11.6 Å². The summed E-state index contributed by atoms with van der Waals surface area (Å²) in [6, 6.07) is 0. The summed E-state index contributed by atoms with van der Waals surface area (Å²) in [5.74, 6) is 1.01. The largest absolute Gasteiger partial charge is 0.363 e. The van der Waals surface area contributed by atoms with Crippen molar-refractivity contribution in [3.8, 4) is 0 Å². The Morgan fingerprint density at radius 1 is 1.30 bits per heavy atom. The van der Waals surface area contributed by atoms with E-state index in [0.717, 1.165) is 5.84 Å². The van der Waals surface area contributed by atoms with Gasteiger partial charge >= 0.3 is 0 Å². The Morgan fingerprint density at radius 3 is 1.90 bits per heavy atom. The van der Waals surface area contributed by atoms with Gasteiger partial charge in [0.15, 0.2) is 0 Å². The molecule has 0 unspecified atom stereocenters. The molecule has 0 bridgehead atoms. The lowest BCUT2D eigenvalue weighted by Gasteiger charge is -2.11. The summed E-state index contributed by atoms with van der Waals surface area (Å²) in [6.45, 7) is 4.13. The van der Waals surface area contributed by atoms with Crippen LogP contribution in [0.3, 0.4) is 0 Å². The van der Waals surface area contributed by atoms with E-state index in [0.29, 0.717) is 0 Å². The number of nitrogens with zero attached hydrogens (tertiary/aromatic N) is 2. The van der Waals surface area contributed by atoms with Crippen LogP contribution in [-0.2, 0) is 0 Å². The molecule has 0 saturated heterocycles. The quantitative estimate of drug-likeness (QED) is 0.398. The van der Waals surface area contributed by atoms with Crippen molar-refractivity contribution < 1.29 is 0 Å². The molecule has 0 heterocycles. The molecule has 10 heavy (non-hydrogen) atoms. The zero-order chi connectivity index (χ0) is 8.15. The maximum Gasteiger partial charge on any atom is 0.122 e. The zero-order valence-corrected chi connectivity index (χ0v) is 7.47. The molecule has 0 aliphatic heterocycles. The van der Waals surface area contributed by atoms with E-state index < -0.39 is 0 Å². The molecule has 0 aliphatic rings. The molecule has 0 N–H and O–H groups in total. The molecule has 0 atom stereocenters. The molecule has 58 valence electrons. The van der Waals surface area contributed by atoms with Crippen molar-refractivity contribution in [2.75, 3.05) is 21.1 Å². The second kappa shape index (κ2) is 4.09. The topological polar surface area (TPSA) is 15.6 Å². The van der Waals surface area contributed by atoms with Crippen molar-refractivity contribution in [1.82, 2.24) is 4.90 Å². The average Bonchev–Trinajstić information content (AvgIpc) is 1.81. The maximum atomic E-state index is 4.09. The van der Waals surface area contributed by atoms with E-state index in [-0.39, 0.29) is 0 Å². The number of allylic oxidation sites excluding steroid dienone is 1. The molecule has 0 aliphatic carbocycles. The van der Waals surface area contributed by atoms with Crippen LogP contribution in [0.2, 0.25) is 0 Å². The lowest BCUT2D eigenvalue weighted by atomic mass is 10.3. The van der Waals surface area contributed by atoms with Crippen molar-refractivity contribution in [3.63, 3.8) is 0 Å². The van der Waals surface area contributed by atoms with E-state index in [2.05, 4.69) is 24.9 Å². The molecule has 0 aromatic heterocycles. The number of amidine groups is 1. The Hall–Kier alpha value is -0.790. The molecule has 0 rings (SSSR count). The van der Waals surface area contributed by atoms with Crippen LogP contribution in [0.4, 0.5) is 0 Å². The van der Waals surface area contributed by atoms with Crippen LogP contribution in [0, 0.1) is 0 Å². The Morgan fingerprint density at radius 2 is 1.80 bits per heavy atom. The molecular weight excluding hydrogens is 124 g/mol. The predicted octanol–water partition coefficient (Wildman–Crippen LogP) is 1.54. The average molecular weight is 140 g/mol. The molecule has 0 amide bonds. The maximum absolute atomic E-state index is 4.09. The summed E-state index contributed by atoms with van der Waals surface area (Å²) in [7, 11) is 5.78. The highest BCUT2D eigenvalue weighted by Crippen LogP contribution is 1.92. The Labute approximate surface area is 63.3 Å².